The Morgan fingerprint density at radius 2 is 1.26 bits per heavy atom. The van der Waals surface area contributed by atoms with Gasteiger partial charge in [-0.2, -0.15) is 0 Å². The molecule has 2 nitrogen and oxygen atoms in total. The van der Waals surface area contributed by atoms with E-state index in [1.807, 2.05) is 0 Å². The van der Waals surface area contributed by atoms with Gasteiger partial charge in [-0.1, -0.05) is 78.1 Å². The van der Waals surface area contributed by atoms with Crippen molar-refractivity contribution < 1.29 is 4.57 Å². The number of imidazole rings is 1. The zero-order chi connectivity index (χ0) is 16.8. The van der Waals surface area contributed by atoms with Crippen molar-refractivity contribution in [1.82, 2.24) is 4.57 Å². The third kappa shape index (κ3) is 9.17. The van der Waals surface area contributed by atoms with Gasteiger partial charge in [0.2, 0.25) is 0 Å². The molecule has 1 aromatic rings. The van der Waals surface area contributed by atoms with E-state index in [1.54, 1.807) is 0 Å². The summed E-state index contributed by atoms with van der Waals surface area (Å²) in [6, 6.07) is 0. The van der Waals surface area contributed by atoms with Gasteiger partial charge in [-0.25, -0.2) is 9.13 Å². The van der Waals surface area contributed by atoms with Gasteiger partial charge in [0.05, 0.1) is 13.1 Å². The molecule has 1 aromatic heterocycles. The first kappa shape index (κ1) is 20.3. The highest BCUT2D eigenvalue weighted by Gasteiger charge is 2.10. The van der Waals surface area contributed by atoms with Crippen LogP contribution in [0, 0.1) is 6.92 Å². The smallest absolute Gasteiger partial charge is 0.235 e. The molecule has 0 aromatic carbocycles. The summed E-state index contributed by atoms with van der Waals surface area (Å²) in [5.74, 6) is 1.41. The molecule has 0 aliphatic rings. The van der Waals surface area contributed by atoms with Crippen LogP contribution in [0.2, 0.25) is 0 Å². The Morgan fingerprint density at radius 1 is 0.739 bits per heavy atom. The van der Waals surface area contributed by atoms with Gasteiger partial charge >= 0.3 is 0 Å². The van der Waals surface area contributed by atoms with Crippen molar-refractivity contribution in [3.8, 4) is 0 Å². The number of unbranched alkanes of at least 4 members (excludes halogenated alkanes) is 11. The highest BCUT2D eigenvalue weighted by Crippen LogP contribution is 2.12. The van der Waals surface area contributed by atoms with E-state index in [-0.39, 0.29) is 0 Å². The molecule has 1 heterocycles. The van der Waals surface area contributed by atoms with Crippen LogP contribution in [-0.2, 0) is 13.1 Å². The van der Waals surface area contributed by atoms with Crippen molar-refractivity contribution in [1.29, 1.82) is 0 Å². The van der Waals surface area contributed by atoms with Gasteiger partial charge in [-0.3, -0.25) is 0 Å². The lowest BCUT2D eigenvalue weighted by molar-refractivity contribution is -0.702. The van der Waals surface area contributed by atoms with E-state index < -0.39 is 0 Å². The molecule has 23 heavy (non-hydrogen) atoms. The lowest BCUT2D eigenvalue weighted by Gasteiger charge is -2.03. The molecule has 134 valence electrons. The maximum atomic E-state index is 2.42. The summed E-state index contributed by atoms with van der Waals surface area (Å²) in [7, 11) is 0. The lowest BCUT2D eigenvalue weighted by atomic mass is 10.1. The van der Waals surface area contributed by atoms with Gasteiger partial charge in [-0.15, -0.1) is 0 Å². The summed E-state index contributed by atoms with van der Waals surface area (Å²) in [4.78, 5) is 0. The summed E-state index contributed by atoms with van der Waals surface area (Å²) in [5, 5.41) is 0. The Morgan fingerprint density at radius 3 is 1.78 bits per heavy atom. The molecule has 0 saturated carbocycles. The van der Waals surface area contributed by atoms with E-state index in [0.29, 0.717) is 0 Å². The molecule has 0 unspecified atom stereocenters. The van der Waals surface area contributed by atoms with Crippen molar-refractivity contribution in [3.05, 3.63) is 18.2 Å². The van der Waals surface area contributed by atoms with Gasteiger partial charge < -0.3 is 0 Å². The van der Waals surface area contributed by atoms with Crippen LogP contribution in [-0.4, -0.2) is 4.57 Å². The monoisotopic (exact) mass is 321 g/mol. The van der Waals surface area contributed by atoms with E-state index in [9.17, 15) is 0 Å². The standard InChI is InChI=1S/C21H41N2/c1-4-6-7-8-9-10-11-12-13-14-15-16-18-23-20-19-22(17-5-2)21(23)3/h19-20H,4-18H2,1-3H3/q+1. The maximum Gasteiger partial charge on any atom is 0.253 e. The molecular weight excluding hydrogens is 280 g/mol. The first-order valence-electron chi connectivity index (χ1n) is 10.3. The van der Waals surface area contributed by atoms with Gasteiger partial charge in [-0.05, 0) is 19.3 Å². The molecule has 1 rings (SSSR count). The normalized spacial score (nSPS) is 11.3. The predicted molar refractivity (Wildman–Crippen MR) is 101 cm³/mol. The largest absolute Gasteiger partial charge is 0.253 e. The fraction of sp³-hybridized carbons (Fsp3) is 0.857. The molecule has 0 fully saturated rings. The molecule has 0 spiro atoms. The average Bonchev–Trinajstić information content (AvgIpc) is 2.89. The second-order valence-corrected chi connectivity index (χ2v) is 7.12. The molecule has 2 heteroatoms. The number of aromatic nitrogens is 2. The maximum absolute atomic E-state index is 2.42. The van der Waals surface area contributed by atoms with Crippen LogP contribution in [0.1, 0.15) is 103 Å². The van der Waals surface area contributed by atoms with Crippen LogP contribution < -0.4 is 4.57 Å². The van der Waals surface area contributed by atoms with E-state index >= 15 is 0 Å². The van der Waals surface area contributed by atoms with Crippen LogP contribution in [0.4, 0.5) is 0 Å². The zero-order valence-electron chi connectivity index (χ0n) is 16.2. The second-order valence-electron chi connectivity index (χ2n) is 7.12. The van der Waals surface area contributed by atoms with Gasteiger partial charge in [0.1, 0.15) is 12.4 Å². The Kier molecular flexibility index (Phi) is 12.0. The minimum absolute atomic E-state index is 1.15. The van der Waals surface area contributed by atoms with Crippen molar-refractivity contribution in [2.75, 3.05) is 0 Å². The number of aryl methyl sites for hydroxylation is 2. The van der Waals surface area contributed by atoms with Crippen molar-refractivity contribution in [3.63, 3.8) is 0 Å². The lowest BCUT2D eigenvalue weighted by Crippen LogP contribution is -2.35. The Balaban J connectivity index is 1.92. The molecule has 0 amide bonds. The molecule has 0 atom stereocenters. The van der Waals surface area contributed by atoms with Crippen LogP contribution in [0.5, 0.6) is 0 Å². The SMILES string of the molecule is CCCCCCCCCCCCCCn1cc[n+](CCC)c1C. The quantitative estimate of drug-likeness (QED) is 0.269. The number of rotatable bonds is 15. The summed E-state index contributed by atoms with van der Waals surface area (Å²) in [6.07, 6.45) is 22.8. The van der Waals surface area contributed by atoms with Gasteiger partial charge in [0, 0.05) is 6.92 Å². The summed E-state index contributed by atoms with van der Waals surface area (Å²) >= 11 is 0. The molecule has 0 radical (unpaired) electrons. The highest BCUT2D eigenvalue weighted by molar-refractivity contribution is 4.79. The van der Waals surface area contributed by atoms with Crippen LogP contribution in [0.3, 0.4) is 0 Å². The van der Waals surface area contributed by atoms with Gasteiger partial charge in [0.15, 0.2) is 0 Å². The van der Waals surface area contributed by atoms with E-state index in [2.05, 4.69) is 42.3 Å². The first-order chi connectivity index (χ1) is 11.3. The fourth-order valence-corrected chi connectivity index (χ4v) is 3.38. The number of hydrogen-bond acceptors (Lipinski definition) is 0. The number of hydrogen-bond donors (Lipinski definition) is 0. The second kappa shape index (κ2) is 13.6. The molecular formula is C21H41N2+. The Labute approximate surface area is 145 Å². The van der Waals surface area contributed by atoms with Gasteiger partial charge in [0.25, 0.3) is 5.82 Å². The predicted octanol–water partition coefficient (Wildman–Crippen LogP) is 6.20. The summed E-state index contributed by atoms with van der Waals surface area (Å²) in [6.45, 7) is 9.13. The van der Waals surface area contributed by atoms with Crippen LogP contribution in [0.15, 0.2) is 12.4 Å². The molecule has 0 aliphatic carbocycles. The van der Waals surface area contributed by atoms with Crippen LogP contribution in [0.25, 0.3) is 0 Å². The third-order valence-electron chi connectivity index (χ3n) is 4.97. The minimum Gasteiger partial charge on any atom is -0.235 e. The zero-order valence-corrected chi connectivity index (χ0v) is 16.2. The van der Waals surface area contributed by atoms with Crippen molar-refractivity contribution >= 4 is 0 Å². The van der Waals surface area contributed by atoms with Crippen LogP contribution >= 0.6 is 0 Å². The Bertz CT molecular complexity index is 381. The Hall–Kier alpha value is -0.790. The molecule has 0 bridgehead atoms. The molecule has 0 aliphatic heterocycles. The van der Waals surface area contributed by atoms with E-state index in [4.69, 9.17) is 0 Å². The highest BCUT2D eigenvalue weighted by atomic mass is 15.1. The topological polar surface area (TPSA) is 8.81 Å². The average molecular weight is 322 g/mol. The number of nitrogens with zero attached hydrogens (tertiary/aromatic N) is 2. The minimum atomic E-state index is 1.15. The van der Waals surface area contributed by atoms with Crippen molar-refractivity contribution in [2.24, 2.45) is 0 Å². The molecule has 0 N–H and O–H groups in total. The summed E-state index contributed by atoms with van der Waals surface area (Å²) < 4.78 is 4.80. The third-order valence-corrected chi connectivity index (χ3v) is 4.97. The first-order valence-corrected chi connectivity index (χ1v) is 10.3. The van der Waals surface area contributed by atoms with Crippen molar-refractivity contribution in [2.45, 2.75) is 117 Å². The fourth-order valence-electron chi connectivity index (χ4n) is 3.38. The summed E-state index contributed by atoms with van der Waals surface area (Å²) in [5.41, 5.74) is 0. The van der Waals surface area contributed by atoms with E-state index in [0.717, 1.165) is 6.54 Å². The molecule has 0 saturated heterocycles. The van der Waals surface area contributed by atoms with E-state index in [1.165, 1.54) is 95.8 Å².